The topological polar surface area (TPSA) is 76.8 Å². The zero-order chi connectivity index (χ0) is 22.1. The van der Waals surface area contributed by atoms with Crippen molar-refractivity contribution in [3.63, 3.8) is 0 Å². The Morgan fingerprint density at radius 2 is 2.00 bits per heavy atom. The van der Waals surface area contributed by atoms with E-state index in [4.69, 9.17) is 22.4 Å². The van der Waals surface area contributed by atoms with Gasteiger partial charge in [0.1, 0.15) is 5.75 Å². The van der Waals surface area contributed by atoms with E-state index >= 15 is 0 Å². The highest BCUT2D eigenvalue weighted by Gasteiger charge is 2.17. The standard InChI is InChI=1S/C23H32N6OS/c1-18-7-9-26-22-20(18)15-19(30-2)16-21(22)25-8-5-3-4-6-10-28-11-13-29(14-12-28)23(31)27-17-24/h7,9,15-16,24-25H,3-6,8,10-14H2,1-2H3. The Bertz CT molecular complexity index is 935. The van der Waals surface area contributed by atoms with Gasteiger partial charge in [0, 0.05) is 50.4 Å². The minimum absolute atomic E-state index is 0.483. The second-order valence-corrected chi connectivity index (χ2v) is 8.24. The first-order valence-corrected chi connectivity index (χ1v) is 11.3. The summed E-state index contributed by atoms with van der Waals surface area (Å²) in [5.41, 5.74) is 3.25. The average Bonchev–Trinajstić information content (AvgIpc) is 2.79. The molecule has 1 aromatic carbocycles. The number of aryl methyl sites for hydroxylation is 1. The molecule has 2 heterocycles. The van der Waals surface area contributed by atoms with E-state index in [2.05, 4.69) is 38.1 Å². The summed E-state index contributed by atoms with van der Waals surface area (Å²) in [6.45, 7) is 7.94. The maximum Gasteiger partial charge on any atom is 0.205 e. The largest absolute Gasteiger partial charge is 0.497 e. The van der Waals surface area contributed by atoms with Crippen LogP contribution in [0.5, 0.6) is 5.75 Å². The van der Waals surface area contributed by atoms with Crippen LogP contribution in [0.4, 0.5) is 5.69 Å². The average molecular weight is 441 g/mol. The van der Waals surface area contributed by atoms with Crippen LogP contribution >= 0.6 is 12.2 Å². The van der Waals surface area contributed by atoms with Crippen LogP contribution in [0.25, 0.3) is 10.9 Å². The number of unbranched alkanes of at least 4 members (excludes halogenated alkanes) is 3. The van der Waals surface area contributed by atoms with Crippen molar-refractivity contribution < 1.29 is 4.74 Å². The zero-order valence-corrected chi connectivity index (χ0v) is 19.3. The summed E-state index contributed by atoms with van der Waals surface area (Å²) < 4.78 is 5.47. The first-order chi connectivity index (χ1) is 15.1. The number of nitrogens with zero attached hydrogens (tertiary/aromatic N) is 4. The molecule has 0 spiro atoms. The number of aliphatic imine (C=N–C) groups is 1. The van der Waals surface area contributed by atoms with Crippen molar-refractivity contribution in [1.82, 2.24) is 14.8 Å². The number of rotatable bonds is 9. The van der Waals surface area contributed by atoms with E-state index in [1.54, 1.807) is 7.11 Å². The molecule has 2 N–H and O–H groups in total. The number of hydrogen-bond acceptors (Lipinski definition) is 6. The summed E-state index contributed by atoms with van der Waals surface area (Å²) in [6, 6.07) is 8.15. The van der Waals surface area contributed by atoms with Gasteiger partial charge in [-0.3, -0.25) is 9.88 Å². The van der Waals surface area contributed by atoms with E-state index in [0.29, 0.717) is 5.11 Å². The molecule has 8 heteroatoms. The monoisotopic (exact) mass is 440 g/mol. The highest BCUT2D eigenvalue weighted by atomic mass is 32.1. The van der Waals surface area contributed by atoms with Crippen LogP contribution in [0.15, 0.2) is 29.4 Å². The maximum absolute atomic E-state index is 6.91. The van der Waals surface area contributed by atoms with Gasteiger partial charge in [0.15, 0.2) is 0 Å². The summed E-state index contributed by atoms with van der Waals surface area (Å²) in [5.74, 6) is 0.858. The van der Waals surface area contributed by atoms with Crippen LogP contribution in [0.3, 0.4) is 0 Å². The van der Waals surface area contributed by atoms with Crippen LogP contribution in [0.2, 0.25) is 0 Å². The third-order valence-corrected chi connectivity index (χ3v) is 6.13. The fourth-order valence-electron chi connectivity index (χ4n) is 3.93. The van der Waals surface area contributed by atoms with Crippen molar-refractivity contribution in [2.45, 2.75) is 32.6 Å². The third-order valence-electron chi connectivity index (χ3n) is 5.78. The van der Waals surface area contributed by atoms with E-state index in [-0.39, 0.29) is 0 Å². The molecule has 1 aliphatic heterocycles. The summed E-state index contributed by atoms with van der Waals surface area (Å²) in [4.78, 5) is 12.9. The van der Waals surface area contributed by atoms with Crippen molar-refractivity contribution in [2.24, 2.45) is 4.99 Å². The predicted octanol–water partition coefficient (Wildman–Crippen LogP) is 4.18. The number of fused-ring (bicyclic) bond motifs is 1. The molecule has 0 aliphatic carbocycles. The maximum atomic E-state index is 6.91. The lowest BCUT2D eigenvalue weighted by molar-refractivity contribution is 0.180. The van der Waals surface area contributed by atoms with Crippen molar-refractivity contribution in [1.29, 1.82) is 5.41 Å². The number of aromatic nitrogens is 1. The fraction of sp³-hybridized carbons (Fsp3) is 0.522. The first kappa shape index (κ1) is 23.1. The van der Waals surface area contributed by atoms with Crippen LogP contribution in [0.1, 0.15) is 31.2 Å². The highest BCUT2D eigenvalue weighted by Crippen LogP contribution is 2.29. The molecule has 1 saturated heterocycles. The molecule has 1 aliphatic rings. The van der Waals surface area contributed by atoms with Crippen molar-refractivity contribution in [2.75, 3.05) is 51.7 Å². The molecule has 1 aromatic heterocycles. The Hall–Kier alpha value is -2.54. The highest BCUT2D eigenvalue weighted by molar-refractivity contribution is 7.80. The minimum atomic E-state index is 0.483. The van der Waals surface area contributed by atoms with Gasteiger partial charge in [-0.25, -0.2) is 5.41 Å². The molecule has 0 bridgehead atoms. The Morgan fingerprint density at radius 3 is 2.74 bits per heavy atom. The Balaban J connectivity index is 1.35. The number of anilines is 1. The zero-order valence-electron chi connectivity index (χ0n) is 18.5. The Kier molecular flexibility index (Phi) is 8.76. The van der Waals surface area contributed by atoms with Crippen LogP contribution in [-0.4, -0.2) is 72.3 Å². The van der Waals surface area contributed by atoms with Crippen molar-refractivity contribution >= 4 is 39.9 Å². The molecule has 31 heavy (non-hydrogen) atoms. The van der Waals surface area contributed by atoms with Gasteiger partial charge in [-0.15, -0.1) is 0 Å². The summed E-state index contributed by atoms with van der Waals surface area (Å²) in [7, 11) is 1.70. The summed E-state index contributed by atoms with van der Waals surface area (Å²) >= 11 is 5.18. The number of nitrogens with one attached hydrogen (secondary N) is 2. The van der Waals surface area contributed by atoms with Crippen molar-refractivity contribution in [3.8, 4) is 5.75 Å². The van der Waals surface area contributed by atoms with Gasteiger partial charge >= 0.3 is 0 Å². The number of ether oxygens (including phenoxy) is 1. The number of pyridine rings is 1. The first-order valence-electron chi connectivity index (χ1n) is 10.9. The number of thiocarbonyl (C=S) groups is 1. The molecule has 0 amide bonds. The van der Waals surface area contributed by atoms with Gasteiger partial charge in [0.25, 0.3) is 0 Å². The van der Waals surface area contributed by atoms with Crippen LogP contribution in [0, 0.1) is 12.3 Å². The van der Waals surface area contributed by atoms with Crippen molar-refractivity contribution in [3.05, 3.63) is 30.0 Å². The number of methoxy groups -OCH3 is 1. The molecule has 7 nitrogen and oxygen atoms in total. The second kappa shape index (κ2) is 11.7. The minimum Gasteiger partial charge on any atom is -0.497 e. The predicted molar refractivity (Wildman–Crippen MR) is 131 cm³/mol. The fourth-order valence-corrected chi connectivity index (χ4v) is 4.16. The molecule has 0 radical (unpaired) electrons. The second-order valence-electron chi connectivity index (χ2n) is 7.87. The normalized spacial score (nSPS) is 14.3. The number of benzene rings is 1. The number of piperazine rings is 1. The summed E-state index contributed by atoms with van der Waals surface area (Å²) in [5, 5.41) is 12.1. The molecule has 166 valence electrons. The van der Waals surface area contributed by atoms with E-state index < -0.39 is 0 Å². The quantitative estimate of drug-likeness (QED) is 0.346. The molecule has 0 saturated carbocycles. The molecule has 2 aromatic rings. The summed E-state index contributed by atoms with van der Waals surface area (Å²) in [6.07, 6.45) is 6.65. The van der Waals surface area contributed by atoms with Gasteiger partial charge in [-0.05, 0) is 56.2 Å². The van der Waals surface area contributed by atoms with Gasteiger partial charge in [0.2, 0.25) is 5.11 Å². The smallest absolute Gasteiger partial charge is 0.205 e. The molecule has 1 fully saturated rings. The molecular weight excluding hydrogens is 408 g/mol. The van der Waals surface area contributed by atoms with E-state index in [1.807, 2.05) is 24.3 Å². The van der Waals surface area contributed by atoms with Crippen LogP contribution < -0.4 is 10.1 Å². The van der Waals surface area contributed by atoms with Gasteiger partial charge in [0.05, 0.1) is 24.3 Å². The lowest BCUT2D eigenvalue weighted by atomic mass is 10.1. The third kappa shape index (κ3) is 6.47. The lowest BCUT2D eigenvalue weighted by Crippen LogP contribution is -2.47. The SMILES string of the molecule is COc1cc(NCCCCCCN2CCN(C(=S)N=C=N)CC2)c2nccc(C)c2c1. The molecular formula is C23H32N6OS. The van der Waals surface area contributed by atoms with Gasteiger partial charge in [-0.2, -0.15) is 4.99 Å². The Morgan fingerprint density at radius 1 is 1.23 bits per heavy atom. The molecule has 3 rings (SSSR count). The Labute approximate surface area is 190 Å². The molecule has 0 unspecified atom stereocenters. The molecule has 0 atom stereocenters. The van der Waals surface area contributed by atoms with Gasteiger partial charge < -0.3 is 15.0 Å². The van der Waals surface area contributed by atoms with E-state index in [0.717, 1.165) is 68.0 Å². The lowest BCUT2D eigenvalue weighted by Gasteiger charge is -2.34. The van der Waals surface area contributed by atoms with E-state index in [1.165, 1.54) is 24.8 Å². The van der Waals surface area contributed by atoms with E-state index in [9.17, 15) is 0 Å². The number of hydrogen-bond donors (Lipinski definition) is 2. The van der Waals surface area contributed by atoms with Gasteiger partial charge in [-0.1, -0.05) is 12.8 Å². The van der Waals surface area contributed by atoms with Crippen LogP contribution in [-0.2, 0) is 0 Å².